The summed E-state index contributed by atoms with van der Waals surface area (Å²) in [4.78, 5) is 55.4. The molecule has 2 N–H and O–H groups in total. The number of thiazole rings is 1. The standard InChI is InChI=1S/C34H39N7O6S/c1-4-39(16-17-42)32(43)23-5-9-26(10-6-23)47-27-11-7-24(8-12-27)41-20-25-19-38(14-15-40(25)34(41)45)21-28-29(33(44)46-3)22(2)36-30(37-28)31-35-13-18-48-31/h5-13,18,22,25,42H,4,14-17,19-21H2,1-3H3,(H,36,37)/t22-,25-/m0/s1. The lowest BCUT2D eigenvalue weighted by Crippen LogP contribution is -2.53. The van der Waals surface area contributed by atoms with Crippen LogP contribution in [0.4, 0.5) is 10.5 Å². The molecule has 1 aromatic heterocycles. The number of hydrogen-bond donors (Lipinski definition) is 2. The van der Waals surface area contributed by atoms with Crippen molar-refractivity contribution in [1.82, 2.24) is 25.0 Å². The van der Waals surface area contributed by atoms with Crippen molar-refractivity contribution >= 4 is 40.8 Å². The predicted molar refractivity (Wildman–Crippen MR) is 182 cm³/mol. The number of aliphatic imine (C=N–C) groups is 1. The molecule has 3 aliphatic heterocycles. The molecule has 13 nitrogen and oxygen atoms in total. The van der Waals surface area contributed by atoms with E-state index >= 15 is 0 Å². The van der Waals surface area contributed by atoms with Crippen LogP contribution in [0.2, 0.25) is 0 Å². The Bertz CT molecular complexity index is 1690. The third kappa shape index (κ3) is 6.91. The number of amides is 3. The summed E-state index contributed by atoms with van der Waals surface area (Å²) in [6, 6.07) is 13.8. The van der Waals surface area contributed by atoms with E-state index in [4.69, 9.17) is 9.47 Å². The quantitative estimate of drug-likeness (QED) is 0.294. The molecule has 4 heterocycles. The summed E-state index contributed by atoms with van der Waals surface area (Å²) in [5.41, 5.74) is 2.54. The molecule has 0 saturated carbocycles. The first-order valence-corrected chi connectivity index (χ1v) is 16.8. The molecular weight excluding hydrogens is 634 g/mol. The SMILES string of the molecule is CCN(CCO)C(=O)c1ccc(Oc2ccc(N3C[C@@H]4CN(CC5=C(C(=O)OC)[C@H](C)N=C(c6nccs6)N5)CCN4C3=O)cc2)cc1. The van der Waals surface area contributed by atoms with E-state index in [9.17, 15) is 19.5 Å². The van der Waals surface area contributed by atoms with Gasteiger partial charge in [-0.25, -0.2) is 14.6 Å². The van der Waals surface area contributed by atoms with Gasteiger partial charge >= 0.3 is 12.0 Å². The van der Waals surface area contributed by atoms with Crippen LogP contribution in [0.25, 0.3) is 0 Å². The number of ether oxygens (including phenoxy) is 2. The van der Waals surface area contributed by atoms with Crippen LogP contribution in [0.3, 0.4) is 0 Å². The highest BCUT2D eigenvalue weighted by Crippen LogP contribution is 2.30. The number of aromatic nitrogens is 1. The number of amidine groups is 1. The number of aliphatic hydroxyl groups excluding tert-OH is 1. The Balaban J connectivity index is 1.08. The first-order chi connectivity index (χ1) is 23.3. The molecule has 252 valence electrons. The van der Waals surface area contributed by atoms with Gasteiger partial charge in [0.05, 0.1) is 31.4 Å². The van der Waals surface area contributed by atoms with Crippen molar-refractivity contribution in [1.29, 1.82) is 0 Å². The topological polar surface area (TPSA) is 140 Å². The zero-order valence-electron chi connectivity index (χ0n) is 27.2. The monoisotopic (exact) mass is 673 g/mol. The largest absolute Gasteiger partial charge is 0.466 e. The third-order valence-electron chi connectivity index (χ3n) is 8.72. The Hall–Kier alpha value is -4.79. The molecular formula is C34H39N7O6S. The highest BCUT2D eigenvalue weighted by atomic mass is 32.1. The summed E-state index contributed by atoms with van der Waals surface area (Å²) in [7, 11) is 1.37. The number of nitrogens with one attached hydrogen (secondary N) is 1. The summed E-state index contributed by atoms with van der Waals surface area (Å²) in [6.07, 6.45) is 1.72. The van der Waals surface area contributed by atoms with E-state index in [0.717, 1.165) is 16.4 Å². The number of carbonyl (C=O) groups excluding carboxylic acids is 3. The number of piperazine rings is 1. The second kappa shape index (κ2) is 14.5. The van der Waals surface area contributed by atoms with Crippen molar-refractivity contribution in [3.8, 4) is 11.5 Å². The van der Waals surface area contributed by atoms with Gasteiger partial charge in [-0.15, -0.1) is 11.3 Å². The molecule has 0 aliphatic carbocycles. The van der Waals surface area contributed by atoms with Crippen LogP contribution in [-0.2, 0) is 9.53 Å². The number of carbonyl (C=O) groups is 3. The van der Waals surface area contributed by atoms with Crippen LogP contribution in [-0.4, -0.2) is 120 Å². The maximum atomic E-state index is 13.5. The summed E-state index contributed by atoms with van der Waals surface area (Å²) in [5.74, 6) is 1.27. The molecule has 3 amide bonds. The van der Waals surface area contributed by atoms with Gasteiger partial charge in [0.15, 0.2) is 10.8 Å². The molecule has 0 spiro atoms. The fourth-order valence-electron chi connectivity index (χ4n) is 6.29. The average Bonchev–Trinajstić information content (AvgIpc) is 3.76. The number of esters is 1. The molecule has 2 atom stereocenters. The van der Waals surface area contributed by atoms with E-state index < -0.39 is 5.97 Å². The number of rotatable bonds is 11. The van der Waals surface area contributed by atoms with Crippen LogP contribution in [0.5, 0.6) is 11.5 Å². The van der Waals surface area contributed by atoms with E-state index in [0.29, 0.717) is 67.7 Å². The highest BCUT2D eigenvalue weighted by Gasteiger charge is 2.42. The Morgan fingerprint density at radius 1 is 1.08 bits per heavy atom. The number of benzene rings is 2. The number of methoxy groups -OCH3 is 1. The number of aliphatic hydroxyl groups is 1. The van der Waals surface area contributed by atoms with Gasteiger partial charge in [-0.1, -0.05) is 0 Å². The van der Waals surface area contributed by atoms with Crippen LogP contribution >= 0.6 is 11.3 Å². The van der Waals surface area contributed by atoms with E-state index in [1.807, 2.05) is 48.4 Å². The van der Waals surface area contributed by atoms with E-state index in [1.165, 1.54) is 18.4 Å². The van der Waals surface area contributed by atoms with Crippen LogP contribution < -0.4 is 15.0 Å². The van der Waals surface area contributed by atoms with Crippen molar-refractivity contribution in [3.05, 3.63) is 81.9 Å². The number of hydrogen-bond acceptors (Lipinski definition) is 11. The van der Waals surface area contributed by atoms with E-state index in [-0.39, 0.29) is 37.2 Å². The van der Waals surface area contributed by atoms with Gasteiger partial charge in [-0.3, -0.25) is 19.6 Å². The predicted octanol–water partition coefficient (Wildman–Crippen LogP) is 3.18. The molecule has 2 saturated heterocycles. The third-order valence-corrected chi connectivity index (χ3v) is 9.50. The van der Waals surface area contributed by atoms with Crippen molar-refractivity contribution < 1.29 is 29.0 Å². The minimum Gasteiger partial charge on any atom is -0.466 e. The van der Waals surface area contributed by atoms with E-state index in [1.54, 1.807) is 40.3 Å². The normalized spacial score (nSPS) is 19.5. The average molecular weight is 674 g/mol. The molecule has 6 rings (SSSR count). The summed E-state index contributed by atoms with van der Waals surface area (Å²) in [5, 5.41) is 15.2. The molecule has 0 bridgehead atoms. The Morgan fingerprint density at radius 2 is 1.81 bits per heavy atom. The fourth-order valence-corrected chi connectivity index (χ4v) is 6.88. The molecule has 2 fully saturated rings. The molecule has 2 aromatic carbocycles. The van der Waals surface area contributed by atoms with Crippen molar-refractivity contribution in [2.24, 2.45) is 4.99 Å². The molecule has 0 unspecified atom stereocenters. The zero-order chi connectivity index (χ0) is 33.8. The van der Waals surface area contributed by atoms with Crippen LogP contribution in [0.15, 0.2) is 76.4 Å². The molecule has 14 heteroatoms. The maximum Gasteiger partial charge on any atom is 0.337 e. The second-order valence-corrected chi connectivity index (χ2v) is 12.6. The van der Waals surface area contributed by atoms with E-state index in [2.05, 4.69) is 20.2 Å². The first-order valence-electron chi connectivity index (χ1n) is 15.9. The number of urea groups is 1. The summed E-state index contributed by atoms with van der Waals surface area (Å²) in [6.45, 7) is 7.36. The van der Waals surface area contributed by atoms with Gasteiger partial charge in [-0.05, 0) is 62.4 Å². The Morgan fingerprint density at radius 3 is 2.46 bits per heavy atom. The molecule has 3 aliphatic rings. The zero-order valence-corrected chi connectivity index (χ0v) is 28.0. The summed E-state index contributed by atoms with van der Waals surface area (Å²) >= 11 is 1.48. The molecule has 48 heavy (non-hydrogen) atoms. The van der Waals surface area contributed by atoms with Crippen molar-refractivity contribution in [2.75, 3.05) is 64.4 Å². The van der Waals surface area contributed by atoms with Gasteiger partial charge in [0.1, 0.15) is 11.5 Å². The minimum atomic E-state index is -0.412. The minimum absolute atomic E-state index is 0.0142. The fraction of sp³-hybridized carbons (Fsp3) is 0.382. The molecule has 0 radical (unpaired) electrons. The number of fused-ring (bicyclic) bond motifs is 1. The van der Waals surface area contributed by atoms with Gasteiger partial charge in [-0.2, -0.15) is 0 Å². The smallest absolute Gasteiger partial charge is 0.337 e. The van der Waals surface area contributed by atoms with Gasteiger partial charge in [0.25, 0.3) is 5.91 Å². The van der Waals surface area contributed by atoms with Crippen LogP contribution in [0.1, 0.15) is 29.2 Å². The van der Waals surface area contributed by atoms with Gasteiger partial charge < -0.3 is 29.7 Å². The lowest BCUT2D eigenvalue weighted by molar-refractivity contribution is -0.136. The highest BCUT2D eigenvalue weighted by molar-refractivity contribution is 7.11. The molecule has 3 aromatic rings. The lowest BCUT2D eigenvalue weighted by atomic mass is 10.0. The number of likely N-dealkylation sites (N-methyl/N-ethyl adjacent to an activating group) is 1. The summed E-state index contributed by atoms with van der Waals surface area (Å²) < 4.78 is 11.1. The second-order valence-electron chi connectivity index (χ2n) is 11.7. The van der Waals surface area contributed by atoms with Crippen molar-refractivity contribution in [2.45, 2.75) is 25.9 Å². The van der Waals surface area contributed by atoms with Crippen LogP contribution in [0, 0.1) is 0 Å². The maximum absolute atomic E-state index is 13.5. The van der Waals surface area contributed by atoms with Crippen molar-refractivity contribution in [3.63, 3.8) is 0 Å². The Kier molecular flexibility index (Phi) is 10.0. The lowest BCUT2D eigenvalue weighted by Gasteiger charge is -2.37. The first kappa shape index (κ1) is 33.1. The Labute approximate surface area is 283 Å². The van der Waals surface area contributed by atoms with Gasteiger partial charge in [0.2, 0.25) is 0 Å². The number of anilines is 1. The van der Waals surface area contributed by atoms with Gasteiger partial charge in [0, 0.05) is 74.3 Å². The number of nitrogens with zero attached hydrogens (tertiary/aromatic N) is 6.